The smallest absolute Gasteiger partial charge is 0.274 e. The molecule has 4 rings (SSSR count). The number of carbonyl (C=O) groups excluding carboxylic acids is 1. The third-order valence-electron chi connectivity index (χ3n) is 4.75. The number of amides is 1. The van der Waals surface area contributed by atoms with E-state index < -0.39 is 0 Å². The molecule has 0 unspecified atom stereocenters. The summed E-state index contributed by atoms with van der Waals surface area (Å²) in [4.78, 5) is 23.8. The standard InChI is InChI=1S/C22H22N4O/c1-15-9-11-18(12-10-15)25-22(27)19-14-21(24-16(2)23-19)26-13-5-7-17-6-3-4-8-20(17)26/h3-4,6,8-12,14H,5,7,13H2,1-2H3,(H,25,27). The van der Waals surface area contributed by atoms with E-state index >= 15 is 0 Å². The minimum absolute atomic E-state index is 0.226. The van der Waals surface area contributed by atoms with Crippen molar-refractivity contribution in [2.75, 3.05) is 16.8 Å². The van der Waals surface area contributed by atoms with Crippen LogP contribution in [0, 0.1) is 13.8 Å². The minimum atomic E-state index is -0.226. The van der Waals surface area contributed by atoms with Gasteiger partial charge in [0.1, 0.15) is 17.3 Å². The lowest BCUT2D eigenvalue weighted by Crippen LogP contribution is -2.26. The molecule has 1 aromatic heterocycles. The molecule has 0 spiro atoms. The van der Waals surface area contributed by atoms with Gasteiger partial charge in [0.05, 0.1) is 0 Å². The monoisotopic (exact) mass is 358 g/mol. The fourth-order valence-corrected chi connectivity index (χ4v) is 3.41. The summed E-state index contributed by atoms with van der Waals surface area (Å²) in [7, 11) is 0. The van der Waals surface area contributed by atoms with E-state index in [-0.39, 0.29) is 5.91 Å². The van der Waals surface area contributed by atoms with Crippen LogP contribution in [0.3, 0.4) is 0 Å². The molecule has 0 aliphatic carbocycles. The van der Waals surface area contributed by atoms with Gasteiger partial charge >= 0.3 is 0 Å². The van der Waals surface area contributed by atoms with Crippen molar-refractivity contribution in [1.82, 2.24) is 9.97 Å². The Balaban J connectivity index is 1.64. The highest BCUT2D eigenvalue weighted by atomic mass is 16.1. The first-order valence-corrected chi connectivity index (χ1v) is 9.19. The Bertz CT molecular complexity index is 982. The number of nitrogens with one attached hydrogen (secondary N) is 1. The van der Waals surface area contributed by atoms with Gasteiger partial charge in [0.15, 0.2) is 0 Å². The van der Waals surface area contributed by atoms with Gasteiger partial charge in [-0.25, -0.2) is 9.97 Å². The summed E-state index contributed by atoms with van der Waals surface area (Å²) in [6.07, 6.45) is 2.13. The fraction of sp³-hybridized carbons (Fsp3) is 0.227. The van der Waals surface area contributed by atoms with Gasteiger partial charge in [-0.15, -0.1) is 0 Å². The lowest BCUT2D eigenvalue weighted by atomic mass is 10.0. The van der Waals surface area contributed by atoms with Gasteiger partial charge in [-0.3, -0.25) is 4.79 Å². The Kier molecular flexibility index (Phi) is 4.59. The molecule has 1 aliphatic heterocycles. The average Bonchev–Trinajstić information content (AvgIpc) is 2.69. The third-order valence-corrected chi connectivity index (χ3v) is 4.75. The van der Waals surface area contributed by atoms with Gasteiger partial charge in [-0.2, -0.15) is 0 Å². The van der Waals surface area contributed by atoms with Gasteiger partial charge in [0.25, 0.3) is 5.91 Å². The zero-order chi connectivity index (χ0) is 18.8. The van der Waals surface area contributed by atoms with Crippen LogP contribution in [-0.4, -0.2) is 22.4 Å². The number of anilines is 3. The predicted molar refractivity (Wildman–Crippen MR) is 108 cm³/mol. The number of rotatable bonds is 3. The number of fused-ring (bicyclic) bond motifs is 1. The van der Waals surface area contributed by atoms with E-state index in [1.807, 2.05) is 44.2 Å². The van der Waals surface area contributed by atoms with E-state index in [4.69, 9.17) is 0 Å². The van der Waals surface area contributed by atoms with E-state index in [0.717, 1.165) is 42.1 Å². The van der Waals surface area contributed by atoms with Crippen molar-refractivity contribution in [3.63, 3.8) is 0 Å². The van der Waals surface area contributed by atoms with Crippen molar-refractivity contribution >= 4 is 23.1 Å². The molecule has 2 aromatic carbocycles. The molecule has 0 saturated heterocycles. The van der Waals surface area contributed by atoms with Crippen LogP contribution in [0.25, 0.3) is 0 Å². The van der Waals surface area contributed by atoms with E-state index in [0.29, 0.717) is 11.5 Å². The Hall–Kier alpha value is -3.21. The van der Waals surface area contributed by atoms with Crippen LogP contribution >= 0.6 is 0 Å². The summed E-state index contributed by atoms with van der Waals surface area (Å²) in [5.74, 6) is 1.13. The first kappa shape index (κ1) is 17.2. The van der Waals surface area contributed by atoms with Gasteiger partial charge in [0, 0.05) is 24.0 Å². The van der Waals surface area contributed by atoms with Crippen LogP contribution in [0.15, 0.2) is 54.6 Å². The molecule has 5 nitrogen and oxygen atoms in total. The summed E-state index contributed by atoms with van der Waals surface area (Å²) in [6, 6.07) is 17.9. The van der Waals surface area contributed by atoms with Crippen molar-refractivity contribution in [2.45, 2.75) is 26.7 Å². The molecule has 0 radical (unpaired) electrons. The maximum Gasteiger partial charge on any atom is 0.274 e. The Morgan fingerprint density at radius 3 is 2.63 bits per heavy atom. The largest absolute Gasteiger partial charge is 0.326 e. The molecule has 1 N–H and O–H groups in total. The van der Waals surface area contributed by atoms with Crippen molar-refractivity contribution < 1.29 is 4.79 Å². The van der Waals surface area contributed by atoms with E-state index in [1.165, 1.54) is 5.56 Å². The van der Waals surface area contributed by atoms with Gasteiger partial charge in [0.2, 0.25) is 0 Å². The van der Waals surface area contributed by atoms with Gasteiger partial charge in [-0.1, -0.05) is 35.9 Å². The van der Waals surface area contributed by atoms with Gasteiger partial charge < -0.3 is 10.2 Å². The average molecular weight is 358 g/mol. The topological polar surface area (TPSA) is 58.1 Å². The first-order valence-electron chi connectivity index (χ1n) is 9.19. The molecule has 5 heteroatoms. The number of aromatic nitrogens is 2. The fourth-order valence-electron chi connectivity index (χ4n) is 3.41. The first-order chi connectivity index (χ1) is 13.1. The maximum absolute atomic E-state index is 12.7. The number of aryl methyl sites for hydroxylation is 3. The molecule has 3 aromatic rings. The van der Waals surface area contributed by atoms with E-state index in [1.54, 1.807) is 6.07 Å². The molecular weight excluding hydrogens is 336 g/mol. The molecule has 27 heavy (non-hydrogen) atoms. The lowest BCUT2D eigenvalue weighted by molar-refractivity contribution is 0.102. The summed E-state index contributed by atoms with van der Waals surface area (Å²) < 4.78 is 0. The molecule has 0 bridgehead atoms. The van der Waals surface area contributed by atoms with Crippen LogP contribution in [0.1, 0.15) is 33.9 Å². The number of hydrogen-bond acceptors (Lipinski definition) is 4. The molecule has 0 atom stereocenters. The molecule has 136 valence electrons. The highest BCUT2D eigenvalue weighted by Crippen LogP contribution is 2.32. The molecule has 0 fully saturated rings. The summed E-state index contributed by atoms with van der Waals surface area (Å²) in [5.41, 5.74) is 4.75. The molecule has 1 aliphatic rings. The quantitative estimate of drug-likeness (QED) is 0.752. The molecular formula is C22H22N4O. The maximum atomic E-state index is 12.7. The summed E-state index contributed by atoms with van der Waals surface area (Å²) >= 11 is 0. The zero-order valence-corrected chi connectivity index (χ0v) is 15.6. The van der Waals surface area contributed by atoms with Crippen molar-refractivity contribution in [3.8, 4) is 0 Å². The summed E-state index contributed by atoms with van der Waals surface area (Å²) in [6.45, 7) is 4.72. The van der Waals surface area contributed by atoms with Crippen molar-refractivity contribution in [2.24, 2.45) is 0 Å². The number of carbonyl (C=O) groups is 1. The number of nitrogens with zero attached hydrogens (tertiary/aromatic N) is 3. The van der Waals surface area contributed by atoms with Crippen molar-refractivity contribution in [1.29, 1.82) is 0 Å². The highest BCUT2D eigenvalue weighted by Gasteiger charge is 2.21. The highest BCUT2D eigenvalue weighted by molar-refractivity contribution is 6.03. The van der Waals surface area contributed by atoms with E-state index in [9.17, 15) is 4.79 Å². The number of benzene rings is 2. The van der Waals surface area contributed by atoms with Crippen molar-refractivity contribution in [3.05, 3.63) is 77.2 Å². The zero-order valence-electron chi connectivity index (χ0n) is 15.6. The van der Waals surface area contributed by atoms with E-state index in [2.05, 4.69) is 38.4 Å². The number of hydrogen-bond donors (Lipinski definition) is 1. The minimum Gasteiger partial charge on any atom is -0.326 e. The van der Waals surface area contributed by atoms with Gasteiger partial charge in [-0.05, 0) is 50.5 Å². The Morgan fingerprint density at radius 2 is 1.81 bits per heavy atom. The summed E-state index contributed by atoms with van der Waals surface area (Å²) in [5, 5.41) is 2.91. The lowest BCUT2D eigenvalue weighted by Gasteiger charge is -2.30. The second-order valence-electron chi connectivity index (χ2n) is 6.86. The normalized spacial score (nSPS) is 13.2. The van der Waals surface area contributed by atoms with Crippen LogP contribution in [0.2, 0.25) is 0 Å². The molecule has 2 heterocycles. The van der Waals surface area contributed by atoms with Crippen LogP contribution in [-0.2, 0) is 6.42 Å². The van der Waals surface area contributed by atoms with Crippen LogP contribution in [0.4, 0.5) is 17.2 Å². The second kappa shape index (κ2) is 7.19. The van der Waals surface area contributed by atoms with Crippen LogP contribution < -0.4 is 10.2 Å². The third kappa shape index (κ3) is 3.67. The predicted octanol–water partition coefficient (Wildman–Crippen LogP) is 4.43. The Labute approximate surface area is 159 Å². The number of para-hydroxylation sites is 1. The molecule has 1 amide bonds. The Morgan fingerprint density at radius 1 is 1.04 bits per heavy atom. The van der Waals surface area contributed by atoms with Crippen LogP contribution in [0.5, 0.6) is 0 Å². The molecule has 0 saturated carbocycles. The second-order valence-corrected chi connectivity index (χ2v) is 6.86. The SMILES string of the molecule is Cc1ccc(NC(=O)c2cc(N3CCCc4ccccc43)nc(C)n2)cc1.